The van der Waals surface area contributed by atoms with Gasteiger partial charge in [0, 0.05) is 31.6 Å². The van der Waals surface area contributed by atoms with E-state index in [0.717, 1.165) is 50.9 Å². The van der Waals surface area contributed by atoms with Crippen molar-refractivity contribution >= 4 is 11.9 Å². The third-order valence-electron chi connectivity index (χ3n) is 5.06. The molecule has 2 N–H and O–H groups in total. The number of hydrogen-bond acceptors (Lipinski definition) is 2. The standard InChI is InChI=1S/C19H27FN4O/c1-2-21-18(22-13-17(25)24-10-3-4-11-24)23-14-19(8-9-19)15-6-5-7-16(20)12-15/h5-7,12H,2-4,8-11,13-14H2,1H3,(H2,21,22,23). The summed E-state index contributed by atoms with van der Waals surface area (Å²) in [4.78, 5) is 18.5. The van der Waals surface area contributed by atoms with Crippen molar-refractivity contribution in [1.29, 1.82) is 0 Å². The van der Waals surface area contributed by atoms with Crippen LogP contribution in [0.4, 0.5) is 4.39 Å². The van der Waals surface area contributed by atoms with E-state index in [2.05, 4.69) is 15.6 Å². The number of aliphatic imine (C=N–C) groups is 1. The molecule has 0 unspecified atom stereocenters. The van der Waals surface area contributed by atoms with Gasteiger partial charge in [-0.2, -0.15) is 0 Å². The first-order chi connectivity index (χ1) is 12.1. The molecule has 2 fully saturated rings. The Balaban J connectivity index is 1.58. The highest BCUT2D eigenvalue weighted by atomic mass is 19.1. The number of amides is 1. The van der Waals surface area contributed by atoms with Crippen molar-refractivity contribution in [2.45, 2.75) is 38.0 Å². The van der Waals surface area contributed by atoms with E-state index < -0.39 is 0 Å². The lowest BCUT2D eigenvalue weighted by molar-refractivity contribution is -0.128. The van der Waals surface area contributed by atoms with E-state index in [9.17, 15) is 9.18 Å². The lowest BCUT2D eigenvalue weighted by atomic mass is 9.96. The Labute approximate surface area is 148 Å². The molecule has 6 heteroatoms. The zero-order valence-electron chi connectivity index (χ0n) is 14.9. The number of nitrogens with zero attached hydrogens (tertiary/aromatic N) is 2. The maximum Gasteiger partial charge on any atom is 0.244 e. The highest BCUT2D eigenvalue weighted by Gasteiger charge is 2.44. The molecule has 1 saturated carbocycles. The smallest absolute Gasteiger partial charge is 0.244 e. The van der Waals surface area contributed by atoms with Crippen molar-refractivity contribution in [1.82, 2.24) is 15.5 Å². The van der Waals surface area contributed by atoms with Gasteiger partial charge in [0.05, 0.1) is 0 Å². The minimum atomic E-state index is -0.194. The molecule has 0 bridgehead atoms. The molecular weight excluding hydrogens is 319 g/mol. The Hall–Kier alpha value is -2.11. The number of carbonyl (C=O) groups is 1. The van der Waals surface area contributed by atoms with Gasteiger partial charge >= 0.3 is 0 Å². The van der Waals surface area contributed by atoms with Crippen LogP contribution in [-0.2, 0) is 10.2 Å². The molecule has 1 aromatic carbocycles. The molecule has 3 rings (SSSR count). The van der Waals surface area contributed by atoms with Gasteiger partial charge in [-0.15, -0.1) is 0 Å². The van der Waals surface area contributed by atoms with Gasteiger partial charge in [-0.1, -0.05) is 12.1 Å². The minimum Gasteiger partial charge on any atom is -0.357 e. The van der Waals surface area contributed by atoms with Crippen LogP contribution in [0.2, 0.25) is 0 Å². The Kier molecular flexibility index (Phi) is 5.56. The maximum absolute atomic E-state index is 13.5. The van der Waals surface area contributed by atoms with Gasteiger partial charge < -0.3 is 15.5 Å². The molecule has 1 aliphatic carbocycles. The molecule has 0 aromatic heterocycles. The Morgan fingerprint density at radius 2 is 2.04 bits per heavy atom. The summed E-state index contributed by atoms with van der Waals surface area (Å²) in [7, 11) is 0. The van der Waals surface area contributed by atoms with Gasteiger partial charge in [0.15, 0.2) is 5.96 Å². The molecule has 0 atom stereocenters. The van der Waals surface area contributed by atoms with Crippen LogP contribution in [-0.4, -0.2) is 49.5 Å². The summed E-state index contributed by atoms with van der Waals surface area (Å²) in [5, 5.41) is 6.52. The summed E-state index contributed by atoms with van der Waals surface area (Å²) < 4.78 is 13.5. The van der Waals surface area contributed by atoms with Crippen molar-refractivity contribution in [2.24, 2.45) is 4.99 Å². The third-order valence-corrected chi connectivity index (χ3v) is 5.06. The van der Waals surface area contributed by atoms with Crippen molar-refractivity contribution in [3.63, 3.8) is 0 Å². The lowest BCUT2D eigenvalue weighted by Crippen LogP contribution is -2.42. The van der Waals surface area contributed by atoms with E-state index in [4.69, 9.17) is 0 Å². The number of guanidine groups is 1. The zero-order chi connectivity index (χ0) is 17.7. The predicted molar refractivity (Wildman–Crippen MR) is 97.1 cm³/mol. The molecule has 0 spiro atoms. The number of halogens is 1. The normalized spacial score (nSPS) is 19.0. The molecule has 1 amide bonds. The van der Waals surface area contributed by atoms with Crippen LogP contribution in [0, 0.1) is 5.82 Å². The fourth-order valence-electron chi connectivity index (χ4n) is 3.34. The van der Waals surface area contributed by atoms with Gasteiger partial charge in [0.25, 0.3) is 0 Å². The Morgan fingerprint density at radius 1 is 1.28 bits per heavy atom. The fourth-order valence-corrected chi connectivity index (χ4v) is 3.34. The number of rotatable bonds is 6. The lowest BCUT2D eigenvalue weighted by Gasteiger charge is -2.19. The SMILES string of the molecule is CCNC(=NCC(=O)N1CCCC1)NCC1(c2cccc(F)c2)CC1. The van der Waals surface area contributed by atoms with Crippen molar-refractivity contribution < 1.29 is 9.18 Å². The van der Waals surface area contributed by atoms with Crippen LogP contribution in [0.15, 0.2) is 29.3 Å². The van der Waals surface area contributed by atoms with Gasteiger partial charge in [-0.25, -0.2) is 9.38 Å². The summed E-state index contributed by atoms with van der Waals surface area (Å²) in [6.07, 6.45) is 4.25. The van der Waals surface area contributed by atoms with E-state index >= 15 is 0 Å². The van der Waals surface area contributed by atoms with Crippen LogP contribution in [0.1, 0.15) is 38.2 Å². The molecule has 25 heavy (non-hydrogen) atoms. The molecule has 136 valence electrons. The second kappa shape index (κ2) is 7.85. The number of carbonyl (C=O) groups excluding carboxylic acids is 1. The first-order valence-electron chi connectivity index (χ1n) is 9.19. The number of likely N-dealkylation sites (tertiary alicyclic amines) is 1. The van der Waals surface area contributed by atoms with Gasteiger partial charge in [-0.05, 0) is 50.3 Å². The first-order valence-corrected chi connectivity index (χ1v) is 9.19. The average molecular weight is 346 g/mol. The zero-order valence-corrected chi connectivity index (χ0v) is 14.9. The molecule has 5 nitrogen and oxygen atoms in total. The molecule has 0 radical (unpaired) electrons. The maximum atomic E-state index is 13.5. The topological polar surface area (TPSA) is 56.7 Å². The molecule has 1 aliphatic heterocycles. The molecule has 1 heterocycles. The van der Waals surface area contributed by atoms with Gasteiger partial charge in [0.2, 0.25) is 5.91 Å². The second-order valence-electron chi connectivity index (χ2n) is 6.93. The third kappa shape index (κ3) is 4.50. The Morgan fingerprint density at radius 3 is 2.68 bits per heavy atom. The van der Waals surface area contributed by atoms with Crippen LogP contribution in [0.25, 0.3) is 0 Å². The Bertz CT molecular complexity index is 636. The second-order valence-corrected chi connectivity index (χ2v) is 6.93. The van der Waals surface area contributed by atoms with Crippen LogP contribution in [0.5, 0.6) is 0 Å². The van der Waals surface area contributed by atoms with Crippen LogP contribution in [0.3, 0.4) is 0 Å². The predicted octanol–water partition coefficient (Wildman–Crippen LogP) is 2.03. The monoisotopic (exact) mass is 346 g/mol. The van der Waals surface area contributed by atoms with Gasteiger partial charge in [0.1, 0.15) is 12.4 Å². The first kappa shape index (κ1) is 17.7. The van der Waals surface area contributed by atoms with Crippen LogP contribution < -0.4 is 10.6 Å². The molecule has 2 aliphatic rings. The quantitative estimate of drug-likeness (QED) is 0.612. The van der Waals surface area contributed by atoms with Crippen molar-refractivity contribution in [3.8, 4) is 0 Å². The minimum absolute atomic E-state index is 0.0166. The van der Waals surface area contributed by atoms with E-state index in [-0.39, 0.29) is 23.7 Å². The molecule has 1 aromatic rings. The number of hydrogen-bond donors (Lipinski definition) is 2. The van der Waals surface area contributed by atoms with E-state index in [0.29, 0.717) is 12.5 Å². The summed E-state index contributed by atoms with van der Waals surface area (Å²) in [6, 6.07) is 6.84. The summed E-state index contributed by atoms with van der Waals surface area (Å²) >= 11 is 0. The van der Waals surface area contributed by atoms with Crippen LogP contribution >= 0.6 is 0 Å². The summed E-state index contributed by atoms with van der Waals surface area (Å²) in [5.74, 6) is 0.541. The molecule has 1 saturated heterocycles. The molecular formula is C19H27FN4O. The largest absolute Gasteiger partial charge is 0.357 e. The summed E-state index contributed by atoms with van der Waals surface area (Å²) in [6.45, 7) is 5.29. The van der Waals surface area contributed by atoms with Crippen molar-refractivity contribution in [3.05, 3.63) is 35.6 Å². The van der Waals surface area contributed by atoms with Crippen molar-refractivity contribution in [2.75, 3.05) is 32.7 Å². The average Bonchev–Trinajstić information content (AvgIpc) is 3.20. The highest BCUT2D eigenvalue weighted by Crippen LogP contribution is 2.47. The highest BCUT2D eigenvalue weighted by molar-refractivity contribution is 5.85. The van der Waals surface area contributed by atoms with Gasteiger partial charge in [-0.3, -0.25) is 4.79 Å². The van der Waals surface area contributed by atoms with E-state index in [1.165, 1.54) is 6.07 Å². The van der Waals surface area contributed by atoms with E-state index in [1.807, 2.05) is 17.9 Å². The number of benzene rings is 1. The summed E-state index contributed by atoms with van der Waals surface area (Å²) in [5.41, 5.74) is 1.01. The number of nitrogens with one attached hydrogen (secondary N) is 2. The fraction of sp³-hybridized carbons (Fsp3) is 0.579. The van der Waals surface area contributed by atoms with E-state index in [1.54, 1.807) is 12.1 Å².